The molecule has 1 unspecified atom stereocenters. The molecule has 0 fully saturated rings. The molecule has 0 aromatic heterocycles. The maximum Gasteiger partial charge on any atom is 0.256 e. The lowest BCUT2D eigenvalue weighted by Gasteiger charge is -2.31. The van der Waals surface area contributed by atoms with E-state index >= 15 is 0 Å². The molecule has 24 heavy (non-hydrogen) atoms. The lowest BCUT2D eigenvalue weighted by atomic mass is 10.0. The van der Waals surface area contributed by atoms with Gasteiger partial charge in [0, 0.05) is 19.2 Å². The molecule has 1 amide bonds. The first-order chi connectivity index (χ1) is 11.3. The molecule has 1 aliphatic heterocycles. The van der Waals surface area contributed by atoms with Crippen LogP contribution in [-0.4, -0.2) is 41.6 Å². The summed E-state index contributed by atoms with van der Waals surface area (Å²) in [7, 11) is 1.35. The largest absolute Gasteiger partial charge is 0.467 e. The molecular weight excluding hydrogens is 445 g/mol. The van der Waals surface area contributed by atoms with Crippen LogP contribution in [0.25, 0.3) is 5.70 Å². The molecule has 0 bridgehead atoms. The van der Waals surface area contributed by atoms with Crippen LogP contribution in [0.2, 0.25) is 0 Å². The second kappa shape index (κ2) is 8.15. The molecule has 132 valence electrons. The van der Waals surface area contributed by atoms with Crippen molar-refractivity contribution < 1.29 is 31.8 Å². The van der Waals surface area contributed by atoms with Gasteiger partial charge in [0.25, 0.3) is 6.43 Å². The van der Waals surface area contributed by atoms with Crippen LogP contribution in [0, 0.1) is 11.6 Å². The van der Waals surface area contributed by atoms with Crippen LogP contribution >= 0.6 is 22.6 Å². The fourth-order valence-corrected chi connectivity index (χ4v) is 2.87. The molecule has 9 heteroatoms. The van der Waals surface area contributed by atoms with E-state index < -0.39 is 40.0 Å². The predicted octanol–water partition coefficient (Wildman–Crippen LogP) is 3.59. The summed E-state index contributed by atoms with van der Waals surface area (Å²) < 4.78 is 63.2. The minimum Gasteiger partial charge on any atom is -0.467 e. The number of rotatable bonds is 6. The zero-order chi connectivity index (χ0) is 17.9. The van der Waals surface area contributed by atoms with Crippen LogP contribution in [0.3, 0.4) is 0 Å². The van der Waals surface area contributed by atoms with E-state index in [1.54, 1.807) is 0 Å². The number of carbonyl (C=O) groups excluding carboxylic acids is 1. The summed E-state index contributed by atoms with van der Waals surface area (Å²) in [5.74, 6) is -2.73. The van der Waals surface area contributed by atoms with E-state index in [-0.39, 0.29) is 24.7 Å². The van der Waals surface area contributed by atoms with E-state index in [0.29, 0.717) is 0 Å². The minimum atomic E-state index is -2.82. The molecule has 1 atom stereocenters. The topological polar surface area (TPSA) is 38.8 Å². The first kappa shape index (κ1) is 19.0. The molecular formula is C15H14F4INO3. The number of benzene rings is 1. The van der Waals surface area contributed by atoms with Gasteiger partial charge in [0.05, 0.1) is 21.7 Å². The lowest BCUT2D eigenvalue weighted by molar-refractivity contribution is -0.128. The Kier molecular flexibility index (Phi) is 6.44. The number of nitrogens with zero attached hydrogens (tertiary/aromatic N) is 1. The highest BCUT2D eigenvalue weighted by atomic mass is 127. The number of methoxy groups -OCH3 is 1. The molecule has 0 spiro atoms. The monoisotopic (exact) mass is 459 g/mol. The number of alkyl halides is 3. The zero-order valence-electron chi connectivity index (χ0n) is 12.6. The first-order valence-electron chi connectivity index (χ1n) is 6.90. The summed E-state index contributed by atoms with van der Waals surface area (Å²) in [4.78, 5) is 12.9. The SMILES string of the molecule is COCOc1cc(F)c(C2=CCC(I)C(=O)N2CC(F)F)c(F)c1. The Morgan fingerprint density at radius 3 is 2.50 bits per heavy atom. The third kappa shape index (κ3) is 4.18. The van der Waals surface area contributed by atoms with Gasteiger partial charge in [0.15, 0.2) is 6.79 Å². The van der Waals surface area contributed by atoms with Gasteiger partial charge in [-0.3, -0.25) is 4.79 Å². The van der Waals surface area contributed by atoms with Gasteiger partial charge in [-0.05, 0) is 6.42 Å². The number of halogens is 5. The van der Waals surface area contributed by atoms with Crippen LogP contribution in [0.4, 0.5) is 17.6 Å². The van der Waals surface area contributed by atoms with Gasteiger partial charge in [-0.2, -0.15) is 0 Å². The number of amides is 1. The molecule has 1 heterocycles. The molecule has 0 saturated heterocycles. The molecule has 1 aliphatic rings. The quantitative estimate of drug-likeness (QED) is 0.283. The highest BCUT2D eigenvalue weighted by molar-refractivity contribution is 14.1. The standard InChI is InChI=1S/C15H14F4INO3/c1-23-7-24-8-4-9(16)14(10(17)5-8)12-3-2-11(20)15(22)21(12)6-13(18)19/h3-5,11,13H,2,6-7H2,1H3. The number of carbonyl (C=O) groups is 1. The van der Waals surface area contributed by atoms with E-state index in [2.05, 4.69) is 4.74 Å². The van der Waals surface area contributed by atoms with E-state index in [4.69, 9.17) is 4.74 Å². The minimum absolute atomic E-state index is 0.106. The van der Waals surface area contributed by atoms with Crippen molar-refractivity contribution in [2.45, 2.75) is 16.8 Å². The highest BCUT2D eigenvalue weighted by Crippen LogP contribution is 2.34. The van der Waals surface area contributed by atoms with Crippen LogP contribution in [0.1, 0.15) is 12.0 Å². The Morgan fingerprint density at radius 1 is 1.33 bits per heavy atom. The summed E-state index contributed by atoms with van der Waals surface area (Å²) in [6, 6.07) is 1.83. The number of allylic oxidation sites excluding steroid dienone is 1. The van der Waals surface area contributed by atoms with Crippen molar-refractivity contribution in [3.8, 4) is 5.75 Å². The van der Waals surface area contributed by atoms with Crippen molar-refractivity contribution in [2.24, 2.45) is 0 Å². The number of hydrogen-bond acceptors (Lipinski definition) is 3. The van der Waals surface area contributed by atoms with Crippen LogP contribution in [0.15, 0.2) is 18.2 Å². The Labute approximate surface area is 149 Å². The van der Waals surface area contributed by atoms with Crippen molar-refractivity contribution in [3.05, 3.63) is 35.4 Å². The van der Waals surface area contributed by atoms with E-state index in [1.165, 1.54) is 13.2 Å². The Bertz CT molecular complexity index is 631. The number of hydrogen-bond donors (Lipinski definition) is 0. The van der Waals surface area contributed by atoms with Crippen LogP contribution < -0.4 is 4.74 Å². The second-order valence-electron chi connectivity index (χ2n) is 4.95. The van der Waals surface area contributed by atoms with Crippen molar-refractivity contribution >= 4 is 34.2 Å². The van der Waals surface area contributed by atoms with Crippen molar-refractivity contribution in [2.75, 3.05) is 20.4 Å². The molecule has 4 nitrogen and oxygen atoms in total. The van der Waals surface area contributed by atoms with Gasteiger partial charge in [0.2, 0.25) is 5.91 Å². The molecule has 0 saturated carbocycles. The van der Waals surface area contributed by atoms with Crippen molar-refractivity contribution in [1.82, 2.24) is 4.90 Å². The lowest BCUT2D eigenvalue weighted by Crippen LogP contribution is -2.41. The van der Waals surface area contributed by atoms with Crippen molar-refractivity contribution in [3.63, 3.8) is 0 Å². The maximum absolute atomic E-state index is 14.3. The fourth-order valence-electron chi connectivity index (χ4n) is 2.28. The van der Waals surface area contributed by atoms with Gasteiger partial charge < -0.3 is 14.4 Å². The van der Waals surface area contributed by atoms with Gasteiger partial charge >= 0.3 is 0 Å². The van der Waals surface area contributed by atoms with Gasteiger partial charge in [-0.15, -0.1) is 0 Å². The predicted molar refractivity (Wildman–Crippen MR) is 87.0 cm³/mol. The summed E-state index contributed by atoms with van der Waals surface area (Å²) >= 11 is 1.81. The summed E-state index contributed by atoms with van der Waals surface area (Å²) in [6.45, 7) is -1.13. The summed E-state index contributed by atoms with van der Waals surface area (Å²) in [5, 5.41) is 0. The summed E-state index contributed by atoms with van der Waals surface area (Å²) in [6.07, 6.45) is -1.23. The molecule has 0 N–H and O–H groups in total. The summed E-state index contributed by atoms with van der Waals surface area (Å²) in [5.41, 5.74) is -0.724. The highest BCUT2D eigenvalue weighted by Gasteiger charge is 2.33. The molecule has 1 aromatic rings. The molecule has 0 aliphatic carbocycles. The van der Waals surface area contributed by atoms with Gasteiger partial charge in [-0.1, -0.05) is 28.7 Å². The number of ether oxygens (including phenoxy) is 2. The van der Waals surface area contributed by atoms with Crippen LogP contribution in [-0.2, 0) is 9.53 Å². The third-order valence-electron chi connectivity index (χ3n) is 3.28. The van der Waals surface area contributed by atoms with E-state index in [1.807, 2.05) is 22.6 Å². The smallest absolute Gasteiger partial charge is 0.256 e. The van der Waals surface area contributed by atoms with Gasteiger partial charge in [0.1, 0.15) is 17.4 Å². The van der Waals surface area contributed by atoms with Gasteiger partial charge in [-0.25, -0.2) is 17.6 Å². The average Bonchev–Trinajstić information content (AvgIpc) is 2.51. The molecule has 1 aromatic carbocycles. The normalized spacial score (nSPS) is 18.1. The van der Waals surface area contributed by atoms with Crippen LogP contribution in [0.5, 0.6) is 5.75 Å². The Hall–Kier alpha value is -1.36. The average molecular weight is 459 g/mol. The first-order valence-corrected chi connectivity index (χ1v) is 8.14. The Balaban J connectivity index is 2.42. The molecule has 0 radical (unpaired) electrons. The Morgan fingerprint density at radius 2 is 1.96 bits per heavy atom. The molecule has 2 rings (SSSR count). The zero-order valence-corrected chi connectivity index (χ0v) is 14.7. The maximum atomic E-state index is 14.3. The van der Waals surface area contributed by atoms with E-state index in [0.717, 1.165) is 17.0 Å². The van der Waals surface area contributed by atoms with E-state index in [9.17, 15) is 22.4 Å². The van der Waals surface area contributed by atoms with Crippen molar-refractivity contribution in [1.29, 1.82) is 0 Å². The second-order valence-corrected chi connectivity index (χ2v) is 6.45. The fraction of sp³-hybridized carbons (Fsp3) is 0.400. The third-order valence-corrected chi connectivity index (χ3v) is 4.32.